The molecule has 2 rings (SSSR count). The summed E-state index contributed by atoms with van der Waals surface area (Å²) in [5.74, 6) is 1.21. The lowest BCUT2D eigenvalue weighted by atomic mass is 10.1. The van der Waals surface area contributed by atoms with Crippen LogP contribution in [0.1, 0.15) is 15.9 Å². The van der Waals surface area contributed by atoms with Crippen molar-refractivity contribution < 1.29 is 19.4 Å². The van der Waals surface area contributed by atoms with E-state index >= 15 is 0 Å². The highest BCUT2D eigenvalue weighted by Crippen LogP contribution is 2.34. The maximum Gasteiger partial charge on any atom is 0.231 e. The fraction of sp³-hybridized carbons (Fsp3) is 0.182. The minimum atomic E-state index is -0.0628. The van der Waals surface area contributed by atoms with E-state index < -0.39 is 0 Å². The molecule has 0 radical (unpaired) electrons. The van der Waals surface area contributed by atoms with Gasteiger partial charge in [-0.05, 0) is 17.7 Å². The number of hydrogen-bond donors (Lipinski definition) is 1. The summed E-state index contributed by atoms with van der Waals surface area (Å²) in [6, 6.07) is 3.35. The van der Waals surface area contributed by atoms with Crippen LogP contribution in [0.25, 0.3) is 6.08 Å². The quantitative estimate of drug-likeness (QED) is 0.756. The largest absolute Gasteiger partial charge is 0.454 e. The summed E-state index contributed by atoms with van der Waals surface area (Å²) < 4.78 is 10.3. The van der Waals surface area contributed by atoms with Crippen LogP contribution in [0.3, 0.4) is 0 Å². The zero-order valence-electron chi connectivity index (χ0n) is 7.97. The monoisotopic (exact) mass is 206 g/mol. The summed E-state index contributed by atoms with van der Waals surface area (Å²) in [6.45, 7) is 0.119. The molecule has 1 N–H and O–H groups in total. The molecule has 1 aromatic carbocycles. The second-order valence-corrected chi connectivity index (χ2v) is 3.04. The predicted molar refractivity (Wildman–Crippen MR) is 54.1 cm³/mol. The van der Waals surface area contributed by atoms with Crippen LogP contribution in [0, 0.1) is 0 Å². The Kier molecular flexibility index (Phi) is 2.69. The lowest BCUT2D eigenvalue weighted by Gasteiger charge is -2.01. The number of carbonyl (C=O) groups excluding carboxylic acids is 1. The Morgan fingerprint density at radius 3 is 2.53 bits per heavy atom. The van der Waals surface area contributed by atoms with Crippen LogP contribution in [-0.4, -0.2) is 24.8 Å². The standard InChI is InChI=1S/C11H10O4/c12-3-1-2-8-4-10-11(15-7-14-10)5-9(8)6-13/h1-2,4-6,12H,3,7H2. The van der Waals surface area contributed by atoms with Gasteiger partial charge in [-0.3, -0.25) is 4.79 Å². The van der Waals surface area contributed by atoms with Crippen LogP contribution in [0.15, 0.2) is 18.2 Å². The van der Waals surface area contributed by atoms with E-state index in [9.17, 15) is 4.79 Å². The Hall–Kier alpha value is -1.81. The summed E-state index contributed by atoms with van der Waals surface area (Å²) in [5, 5.41) is 8.65. The number of carbonyl (C=O) groups is 1. The molecule has 1 aromatic rings. The third-order valence-electron chi connectivity index (χ3n) is 2.11. The Labute approximate surface area is 86.7 Å². The maximum atomic E-state index is 10.8. The summed E-state index contributed by atoms with van der Waals surface area (Å²) in [4.78, 5) is 10.8. The van der Waals surface area contributed by atoms with Gasteiger partial charge in [0.2, 0.25) is 6.79 Å². The van der Waals surface area contributed by atoms with Crippen molar-refractivity contribution >= 4 is 12.4 Å². The summed E-state index contributed by atoms with van der Waals surface area (Å²) >= 11 is 0. The van der Waals surface area contributed by atoms with Crippen molar-refractivity contribution in [3.8, 4) is 11.5 Å². The van der Waals surface area contributed by atoms with Gasteiger partial charge in [0.15, 0.2) is 17.8 Å². The van der Waals surface area contributed by atoms with Gasteiger partial charge in [0, 0.05) is 5.56 Å². The molecule has 0 saturated carbocycles. The highest BCUT2D eigenvalue weighted by molar-refractivity contribution is 5.83. The lowest BCUT2D eigenvalue weighted by molar-refractivity contribution is 0.112. The Balaban J connectivity index is 2.44. The van der Waals surface area contributed by atoms with E-state index in [1.165, 1.54) is 0 Å². The second-order valence-electron chi connectivity index (χ2n) is 3.04. The minimum Gasteiger partial charge on any atom is -0.454 e. The number of rotatable bonds is 3. The normalized spacial score (nSPS) is 13.4. The highest BCUT2D eigenvalue weighted by atomic mass is 16.7. The molecule has 0 bridgehead atoms. The molecule has 1 heterocycles. The molecule has 0 amide bonds. The molecule has 0 unspecified atom stereocenters. The van der Waals surface area contributed by atoms with Crippen LogP contribution in [0.2, 0.25) is 0 Å². The average molecular weight is 206 g/mol. The van der Waals surface area contributed by atoms with E-state index in [1.807, 2.05) is 0 Å². The van der Waals surface area contributed by atoms with Crippen molar-refractivity contribution in [1.82, 2.24) is 0 Å². The summed E-state index contributed by atoms with van der Waals surface area (Å²) in [6.07, 6.45) is 3.98. The van der Waals surface area contributed by atoms with Crippen molar-refractivity contribution in [3.05, 3.63) is 29.3 Å². The zero-order chi connectivity index (χ0) is 10.7. The van der Waals surface area contributed by atoms with Crippen LogP contribution in [0.5, 0.6) is 11.5 Å². The van der Waals surface area contributed by atoms with Crippen molar-refractivity contribution in [2.75, 3.05) is 13.4 Å². The predicted octanol–water partition coefficient (Wildman–Crippen LogP) is 1.23. The number of aliphatic hydroxyl groups is 1. The molecule has 15 heavy (non-hydrogen) atoms. The first-order valence-corrected chi connectivity index (χ1v) is 4.51. The van der Waals surface area contributed by atoms with Crippen LogP contribution >= 0.6 is 0 Å². The molecule has 0 spiro atoms. The molecule has 0 aliphatic carbocycles. The fourth-order valence-corrected chi connectivity index (χ4v) is 1.40. The van der Waals surface area contributed by atoms with Gasteiger partial charge in [-0.2, -0.15) is 0 Å². The van der Waals surface area contributed by atoms with Gasteiger partial charge < -0.3 is 14.6 Å². The maximum absolute atomic E-state index is 10.8. The molecular formula is C11H10O4. The molecule has 1 aliphatic rings. The SMILES string of the molecule is O=Cc1cc2c(cc1C=CCO)OCO2. The minimum absolute atomic E-state index is 0.0628. The van der Waals surface area contributed by atoms with Crippen LogP contribution < -0.4 is 9.47 Å². The topological polar surface area (TPSA) is 55.8 Å². The number of ether oxygens (including phenoxy) is 2. The Bertz CT molecular complexity index is 409. The van der Waals surface area contributed by atoms with E-state index in [2.05, 4.69) is 0 Å². The van der Waals surface area contributed by atoms with Gasteiger partial charge in [0.25, 0.3) is 0 Å². The van der Waals surface area contributed by atoms with Crippen molar-refractivity contribution in [2.45, 2.75) is 0 Å². The van der Waals surface area contributed by atoms with E-state index in [1.54, 1.807) is 24.3 Å². The Morgan fingerprint density at radius 2 is 1.93 bits per heavy atom. The molecule has 0 fully saturated rings. The van der Waals surface area contributed by atoms with Crippen LogP contribution in [-0.2, 0) is 0 Å². The van der Waals surface area contributed by atoms with E-state index in [4.69, 9.17) is 14.6 Å². The number of aliphatic hydroxyl groups excluding tert-OH is 1. The van der Waals surface area contributed by atoms with Crippen molar-refractivity contribution in [3.63, 3.8) is 0 Å². The first-order valence-electron chi connectivity index (χ1n) is 4.51. The molecule has 78 valence electrons. The molecule has 4 heteroatoms. The van der Waals surface area contributed by atoms with Gasteiger partial charge in [-0.25, -0.2) is 0 Å². The number of fused-ring (bicyclic) bond motifs is 1. The fourth-order valence-electron chi connectivity index (χ4n) is 1.40. The smallest absolute Gasteiger partial charge is 0.231 e. The third-order valence-corrected chi connectivity index (χ3v) is 2.11. The molecule has 1 aliphatic heterocycles. The number of aldehydes is 1. The second kappa shape index (κ2) is 4.14. The highest BCUT2D eigenvalue weighted by Gasteiger charge is 2.15. The van der Waals surface area contributed by atoms with Crippen molar-refractivity contribution in [1.29, 1.82) is 0 Å². The number of benzene rings is 1. The van der Waals surface area contributed by atoms with Gasteiger partial charge in [-0.1, -0.05) is 12.2 Å². The summed E-state index contributed by atoms with van der Waals surface area (Å²) in [7, 11) is 0. The molecule has 0 saturated heterocycles. The Morgan fingerprint density at radius 1 is 1.27 bits per heavy atom. The molecule has 4 nitrogen and oxygen atoms in total. The molecule has 0 aromatic heterocycles. The van der Waals surface area contributed by atoms with E-state index in [0.29, 0.717) is 22.6 Å². The zero-order valence-corrected chi connectivity index (χ0v) is 7.97. The first kappa shape index (κ1) is 9.73. The summed E-state index contributed by atoms with van der Waals surface area (Å²) in [5.41, 5.74) is 1.23. The van der Waals surface area contributed by atoms with Crippen LogP contribution in [0.4, 0.5) is 0 Å². The van der Waals surface area contributed by atoms with E-state index in [-0.39, 0.29) is 13.4 Å². The molecular weight excluding hydrogens is 196 g/mol. The lowest BCUT2D eigenvalue weighted by Crippen LogP contribution is -1.92. The van der Waals surface area contributed by atoms with Gasteiger partial charge in [0.05, 0.1) is 6.61 Å². The van der Waals surface area contributed by atoms with Gasteiger partial charge in [-0.15, -0.1) is 0 Å². The van der Waals surface area contributed by atoms with Gasteiger partial charge in [0.1, 0.15) is 0 Å². The third kappa shape index (κ3) is 1.85. The van der Waals surface area contributed by atoms with Crippen molar-refractivity contribution in [2.24, 2.45) is 0 Å². The average Bonchev–Trinajstić information content (AvgIpc) is 2.71. The number of hydrogen-bond acceptors (Lipinski definition) is 4. The van der Waals surface area contributed by atoms with Gasteiger partial charge >= 0.3 is 0 Å². The molecule has 0 atom stereocenters. The first-order chi connectivity index (χ1) is 7.35. The van der Waals surface area contributed by atoms with E-state index in [0.717, 1.165) is 6.29 Å².